The average molecular weight is 308 g/mol. The van der Waals surface area contributed by atoms with Gasteiger partial charge in [0.05, 0.1) is 28.2 Å². The highest BCUT2D eigenvalue weighted by Crippen LogP contribution is 2.23. The summed E-state index contributed by atoms with van der Waals surface area (Å²) < 4.78 is 14.8. The van der Waals surface area contributed by atoms with Crippen LogP contribution in [0.2, 0.25) is 5.02 Å². The van der Waals surface area contributed by atoms with Crippen molar-refractivity contribution in [2.24, 2.45) is 5.73 Å². The molecule has 1 atom stereocenters. The molecule has 1 aromatic carbocycles. The van der Waals surface area contributed by atoms with E-state index >= 15 is 0 Å². The van der Waals surface area contributed by atoms with Gasteiger partial charge in [-0.15, -0.1) is 0 Å². The van der Waals surface area contributed by atoms with E-state index in [0.717, 1.165) is 12.1 Å². The maximum absolute atomic E-state index is 13.5. The molecule has 0 aliphatic rings. The average Bonchev–Trinajstić information content (AvgIpc) is 2.90. The second-order valence-electron chi connectivity index (χ2n) is 4.62. The molecule has 2 heterocycles. The summed E-state index contributed by atoms with van der Waals surface area (Å²) in [5.74, 6) is 0.148. The summed E-state index contributed by atoms with van der Waals surface area (Å²) in [6, 6.07) is 3.31. The van der Waals surface area contributed by atoms with Crippen molar-refractivity contribution in [3.8, 4) is 5.82 Å². The largest absolute Gasteiger partial charge is 0.322 e. The van der Waals surface area contributed by atoms with Crippen LogP contribution in [0.4, 0.5) is 4.39 Å². The third kappa shape index (κ3) is 2.20. The SMILES string of the molecule is CC(N)c1nc2cc(F)cc(Cl)c2c(=O)n1-c1ccn[nH]1. The van der Waals surface area contributed by atoms with Crippen LogP contribution in [-0.4, -0.2) is 19.7 Å². The summed E-state index contributed by atoms with van der Waals surface area (Å²) in [6.45, 7) is 1.68. The monoisotopic (exact) mass is 307 g/mol. The van der Waals surface area contributed by atoms with Gasteiger partial charge >= 0.3 is 0 Å². The Morgan fingerprint density at radius 2 is 2.24 bits per heavy atom. The fourth-order valence-electron chi connectivity index (χ4n) is 2.16. The highest BCUT2D eigenvalue weighted by molar-refractivity contribution is 6.35. The second kappa shape index (κ2) is 4.94. The molecule has 0 aliphatic carbocycles. The number of halogens is 2. The van der Waals surface area contributed by atoms with E-state index in [1.807, 2.05) is 0 Å². The molecule has 0 bridgehead atoms. The van der Waals surface area contributed by atoms with Crippen molar-refractivity contribution in [2.45, 2.75) is 13.0 Å². The summed E-state index contributed by atoms with van der Waals surface area (Å²) in [5.41, 5.74) is 5.62. The summed E-state index contributed by atoms with van der Waals surface area (Å²) in [4.78, 5) is 17.0. The third-order valence-electron chi connectivity index (χ3n) is 3.05. The first-order chi connectivity index (χ1) is 9.99. The van der Waals surface area contributed by atoms with Gasteiger partial charge in [0.15, 0.2) is 0 Å². The lowest BCUT2D eigenvalue weighted by atomic mass is 10.2. The Balaban J connectivity index is 2.49. The number of aromatic amines is 1. The van der Waals surface area contributed by atoms with E-state index in [2.05, 4.69) is 15.2 Å². The molecular weight excluding hydrogens is 297 g/mol. The molecule has 3 N–H and O–H groups in total. The molecule has 0 aliphatic heterocycles. The van der Waals surface area contributed by atoms with Crippen molar-refractivity contribution < 1.29 is 4.39 Å². The molecular formula is C13H11ClFN5O. The van der Waals surface area contributed by atoms with Crippen LogP contribution in [0.1, 0.15) is 18.8 Å². The van der Waals surface area contributed by atoms with Crippen molar-refractivity contribution in [1.82, 2.24) is 19.7 Å². The molecule has 3 rings (SSSR count). The van der Waals surface area contributed by atoms with Crippen molar-refractivity contribution in [2.75, 3.05) is 0 Å². The number of nitrogens with zero attached hydrogens (tertiary/aromatic N) is 3. The highest BCUT2D eigenvalue weighted by Gasteiger charge is 2.18. The Morgan fingerprint density at radius 1 is 1.48 bits per heavy atom. The Kier molecular flexibility index (Phi) is 3.23. The zero-order valence-electron chi connectivity index (χ0n) is 11.0. The lowest BCUT2D eigenvalue weighted by Crippen LogP contribution is -2.28. The van der Waals surface area contributed by atoms with Gasteiger partial charge < -0.3 is 5.73 Å². The van der Waals surface area contributed by atoms with Crippen LogP contribution in [0.3, 0.4) is 0 Å². The number of hydrogen-bond donors (Lipinski definition) is 2. The Bertz CT molecular complexity index is 872. The molecule has 0 saturated carbocycles. The van der Waals surface area contributed by atoms with Crippen molar-refractivity contribution in [3.63, 3.8) is 0 Å². The smallest absolute Gasteiger partial charge is 0.268 e. The number of H-pyrrole nitrogens is 1. The van der Waals surface area contributed by atoms with Gasteiger partial charge in [-0.1, -0.05) is 11.6 Å². The molecule has 6 nitrogen and oxygen atoms in total. The normalized spacial score (nSPS) is 12.8. The zero-order valence-corrected chi connectivity index (χ0v) is 11.7. The van der Waals surface area contributed by atoms with E-state index in [-0.39, 0.29) is 15.9 Å². The summed E-state index contributed by atoms with van der Waals surface area (Å²) in [7, 11) is 0. The third-order valence-corrected chi connectivity index (χ3v) is 3.35. The van der Waals surface area contributed by atoms with Gasteiger partial charge in [0.1, 0.15) is 17.5 Å². The number of benzene rings is 1. The zero-order chi connectivity index (χ0) is 15.1. The van der Waals surface area contributed by atoms with Crippen molar-refractivity contribution >= 4 is 22.5 Å². The molecule has 21 heavy (non-hydrogen) atoms. The molecule has 0 radical (unpaired) electrons. The molecule has 3 aromatic rings. The number of hydrogen-bond acceptors (Lipinski definition) is 4. The minimum atomic E-state index is -0.561. The van der Waals surface area contributed by atoms with E-state index in [4.69, 9.17) is 17.3 Å². The first-order valence-electron chi connectivity index (χ1n) is 6.16. The summed E-state index contributed by atoms with van der Waals surface area (Å²) in [5, 5.41) is 6.64. The molecule has 1 unspecified atom stereocenters. The van der Waals surface area contributed by atoms with Crippen LogP contribution in [0.25, 0.3) is 16.7 Å². The van der Waals surface area contributed by atoms with E-state index in [1.54, 1.807) is 13.0 Å². The maximum atomic E-state index is 13.5. The Hall–Kier alpha value is -2.25. The second-order valence-corrected chi connectivity index (χ2v) is 5.03. The lowest BCUT2D eigenvalue weighted by molar-refractivity contribution is 0.628. The van der Waals surface area contributed by atoms with Crippen LogP contribution >= 0.6 is 11.6 Å². The molecule has 0 fully saturated rings. The Labute approximate surface area is 123 Å². The summed E-state index contributed by atoms with van der Waals surface area (Å²) in [6.07, 6.45) is 1.50. The fraction of sp³-hybridized carbons (Fsp3) is 0.154. The quantitative estimate of drug-likeness (QED) is 0.757. The van der Waals surface area contributed by atoms with Crippen LogP contribution < -0.4 is 11.3 Å². The van der Waals surface area contributed by atoms with Gasteiger partial charge in [-0.2, -0.15) is 5.10 Å². The van der Waals surface area contributed by atoms with Gasteiger partial charge in [-0.3, -0.25) is 9.89 Å². The van der Waals surface area contributed by atoms with E-state index in [1.165, 1.54) is 10.8 Å². The van der Waals surface area contributed by atoms with Crippen LogP contribution in [-0.2, 0) is 0 Å². The van der Waals surface area contributed by atoms with Crippen LogP contribution in [0.5, 0.6) is 0 Å². The van der Waals surface area contributed by atoms with Gasteiger partial charge in [-0.05, 0) is 13.0 Å². The van der Waals surface area contributed by atoms with E-state index in [9.17, 15) is 9.18 Å². The topological polar surface area (TPSA) is 89.6 Å². The van der Waals surface area contributed by atoms with Crippen molar-refractivity contribution in [3.05, 3.63) is 51.4 Å². The molecule has 0 saturated heterocycles. The maximum Gasteiger partial charge on any atom is 0.268 e. The van der Waals surface area contributed by atoms with Gasteiger partial charge in [0.25, 0.3) is 5.56 Å². The first kappa shape index (κ1) is 13.7. The van der Waals surface area contributed by atoms with Gasteiger partial charge in [0.2, 0.25) is 0 Å². The van der Waals surface area contributed by atoms with Gasteiger partial charge in [0, 0.05) is 12.1 Å². The molecule has 8 heteroatoms. The summed E-state index contributed by atoms with van der Waals surface area (Å²) >= 11 is 5.98. The highest BCUT2D eigenvalue weighted by atomic mass is 35.5. The number of fused-ring (bicyclic) bond motifs is 1. The minimum absolute atomic E-state index is 0.00647. The van der Waals surface area contributed by atoms with Crippen LogP contribution in [0, 0.1) is 5.82 Å². The fourth-order valence-corrected chi connectivity index (χ4v) is 2.44. The predicted octanol–water partition coefficient (Wildman–Crippen LogP) is 1.92. The van der Waals surface area contributed by atoms with Crippen LogP contribution in [0.15, 0.2) is 29.2 Å². The number of rotatable bonds is 2. The standard InChI is InChI=1S/C13H11ClFN5O/c1-6(16)12-18-9-5-7(15)4-8(14)11(9)13(21)20(12)10-2-3-17-19-10/h2-6H,16H2,1H3,(H,17,19). The van der Waals surface area contributed by atoms with Crippen molar-refractivity contribution in [1.29, 1.82) is 0 Å². The lowest BCUT2D eigenvalue weighted by Gasteiger charge is -2.14. The molecule has 108 valence electrons. The minimum Gasteiger partial charge on any atom is -0.322 e. The molecule has 0 spiro atoms. The predicted molar refractivity (Wildman–Crippen MR) is 77.1 cm³/mol. The number of nitrogens with two attached hydrogens (primary N) is 1. The number of aromatic nitrogens is 4. The van der Waals surface area contributed by atoms with Gasteiger partial charge in [-0.25, -0.2) is 13.9 Å². The molecule has 2 aromatic heterocycles. The Morgan fingerprint density at radius 3 is 2.86 bits per heavy atom. The number of nitrogens with one attached hydrogen (secondary N) is 1. The molecule has 0 amide bonds. The van der Waals surface area contributed by atoms with E-state index in [0.29, 0.717) is 11.6 Å². The van der Waals surface area contributed by atoms with E-state index < -0.39 is 17.4 Å². The first-order valence-corrected chi connectivity index (χ1v) is 6.54.